The van der Waals surface area contributed by atoms with Crippen molar-refractivity contribution in [3.05, 3.63) is 34.5 Å². The molecule has 0 bridgehead atoms. The van der Waals surface area contributed by atoms with Gasteiger partial charge in [0.15, 0.2) is 0 Å². The standard InChI is InChI=1S/C14H18FN3O/c1-2-17-7-6-10(8-17)9-18-12-5-3-4-11(15)13(12)16-14(18)19/h3-5,10H,2,6-9H2,1H3,(H,16,19). The van der Waals surface area contributed by atoms with E-state index in [0.717, 1.165) is 26.1 Å². The molecule has 1 unspecified atom stereocenters. The SMILES string of the molecule is CCN1CCC(Cn2c(=O)[nH]c3c(F)cccc32)C1. The molecule has 1 atom stereocenters. The fraction of sp³-hybridized carbons (Fsp3) is 0.500. The van der Waals surface area contributed by atoms with Crippen LogP contribution in [0.1, 0.15) is 13.3 Å². The van der Waals surface area contributed by atoms with Gasteiger partial charge in [0.25, 0.3) is 0 Å². The summed E-state index contributed by atoms with van der Waals surface area (Å²) in [6, 6.07) is 4.81. The number of aromatic amines is 1. The Labute approximate surface area is 110 Å². The molecule has 0 amide bonds. The van der Waals surface area contributed by atoms with Crippen LogP contribution in [-0.4, -0.2) is 34.1 Å². The van der Waals surface area contributed by atoms with Crippen LogP contribution in [0.4, 0.5) is 4.39 Å². The first kappa shape index (κ1) is 12.4. The number of aromatic nitrogens is 2. The van der Waals surface area contributed by atoms with E-state index < -0.39 is 0 Å². The van der Waals surface area contributed by atoms with Crippen molar-refractivity contribution in [1.29, 1.82) is 0 Å². The lowest BCUT2D eigenvalue weighted by Gasteiger charge is -2.13. The Hall–Kier alpha value is -1.62. The Morgan fingerprint density at radius 2 is 2.32 bits per heavy atom. The maximum atomic E-state index is 13.6. The second-order valence-electron chi connectivity index (χ2n) is 5.22. The van der Waals surface area contributed by atoms with E-state index in [1.807, 2.05) is 0 Å². The van der Waals surface area contributed by atoms with E-state index in [1.165, 1.54) is 6.07 Å². The number of halogens is 1. The minimum atomic E-state index is -0.366. The van der Waals surface area contributed by atoms with E-state index in [0.29, 0.717) is 23.5 Å². The Morgan fingerprint density at radius 3 is 3.05 bits per heavy atom. The third kappa shape index (κ3) is 2.18. The molecule has 0 spiro atoms. The van der Waals surface area contributed by atoms with Gasteiger partial charge >= 0.3 is 5.69 Å². The molecule has 4 nitrogen and oxygen atoms in total. The van der Waals surface area contributed by atoms with E-state index in [1.54, 1.807) is 16.7 Å². The molecule has 1 saturated heterocycles. The summed E-state index contributed by atoms with van der Waals surface area (Å²) >= 11 is 0. The topological polar surface area (TPSA) is 41.0 Å². The number of nitrogens with one attached hydrogen (secondary N) is 1. The van der Waals surface area contributed by atoms with Crippen LogP contribution < -0.4 is 5.69 Å². The van der Waals surface area contributed by atoms with Crippen molar-refractivity contribution in [3.63, 3.8) is 0 Å². The molecule has 19 heavy (non-hydrogen) atoms. The third-order valence-corrected chi connectivity index (χ3v) is 4.02. The number of imidazole rings is 1. The molecule has 102 valence electrons. The molecule has 0 saturated carbocycles. The highest BCUT2D eigenvalue weighted by Crippen LogP contribution is 2.20. The summed E-state index contributed by atoms with van der Waals surface area (Å²) < 4.78 is 15.3. The number of para-hydroxylation sites is 1. The quantitative estimate of drug-likeness (QED) is 0.917. The van der Waals surface area contributed by atoms with Gasteiger partial charge < -0.3 is 9.88 Å². The molecule has 1 aliphatic heterocycles. The predicted octanol–water partition coefficient (Wildman–Crippen LogP) is 1.81. The summed E-state index contributed by atoms with van der Waals surface area (Å²) in [4.78, 5) is 17.0. The zero-order valence-corrected chi connectivity index (χ0v) is 11.0. The lowest BCUT2D eigenvalue weighted by molar-refractivity contribution is 0.333. The van der Waals surface area contributed by atoms with Crippen molar-refractivity contribution < 1.29 is 4.39 Å². The molecule has 0 aliphatic carbocycles. The van der Waals surface area contributed by atoms with Gasteiger partial charge in [-0.15, -0.1) is 0 Å². The molecular formula is C14H18FN3O. The van der Waals surface area contributed by atoms with Crippen molar-refractivity contribution in [2.24, 2.45) is 5.92 Å². The van der Waals surface area contributed by atoms with Crippen LogP contribution in [0.5, 0.6) is 0 Å². The smallest absolute Gasteiger partial charge is 0.303 e. The summed E-state index contributed by atoms with van der Waals surface area (Å²) in [5.41, 5.74) is 0.771. The van der Waals surface area contributed by atoms with E-state index in [-0.39, 0.29) is 11.5 Å². The fourth-order valence-electron chi connectivity index (χ4n) is 2.93. The highest BCUT2D eigenvalue weighted by Gasteiger charge is 2.23. The van der Waals surface area contributed by atoms with E-state index in [9.17, 15) is 9.18 Å². The first-order valence-electron chi connectivity index (χ1n) is 6.78. The largest absolute Gasteiger partial charge is 0.326 e. The first-order chi connectivity index (χ1) is 9.19. The van der Waals surface area contributed by atoms with Gasteiger partial charge in [0.1, 0.15) is 11.3 Å². The number of rotatable bonds is 3. The van der Waals surface area contributed by atoms with E-state index in [2.05, 4.69) is 16.8 Å². The number of hydrogen-bond donors (Lipinski definition) is 1. The normalized spacial score (nSPS) is 20.4. The van der Waals surface area contributed by atoms with Gasteiger partial charge in [-0.3, -0.25) is 4.57 Å². The maximum absolute atomic E-state index is 13.6. The highest BCUT2D eigenvalue weighted by atomic mass is 19.1. The lowest BCUT2D eigenvalue weighted by Crippen LogP contribution is -2.24. The Bertz CT molecular complexity index is 646. The maximum Gasteiger partial charge on any atom is 0.326 e. The number of hydrogen-bond acceptors (Lipinski definition) is 2. The summed E-state index contributed by atoms with van der Waals surface area (Å²) in [5, 5.41) is 0. The van der Waals surface area contributed by atoms with Crippen molar-refractivity contribution in [3.8, 4) is 0 Å². The summed E-state index contributed by atoms with van der Waals surface area (Å²) in [7, 11) is 0. The minimum absolute atomic E-state index is 0.213. The van der Waals surface area contributed by atoms with Gasteiger partial charge in [-0.1, -0.05) is 13.0 Å². The van der Waals surface area contributed by atoms with Gasteiger partial charge in [-0.05, 0) is 37.6 Å². The Morgan fingerprint density at radius 1 is 1.47 bits per heavy atom. The van der Waals surface area contributed by atoms with Crippen LogP contribution >= 0.6 is 0 Å². The second kappa shape index (κ2) is 4.81. The van der Waals surface area contributed by atoms with Crippen LogP contribution in [0.25, 0.3) is 11.0 Å². The van der Waals surface area contributed by atoms with Crippen LogP contribution in [-0.2, 0) is 6.54 Å². The Kier molecular flexibility index (Phi) is 3.14. The van der Waals surface area contributed by atoms with Crippen LogP contribution in [0.3, 0.4) is 0 Å². The molecule has 5 heteroatoms. The van der Waals surface area contributed by atoms with Crippen LogP contribution in [0.2, 0.25) is 0 Å². The van der Waals surface area contributed by atoms with Crippen LogP contribution in [0.15, 0.2) is 23.0 Å². The lowest BCUT2D eigenvalue weighted by atomic mass is 10.1. The van der Waals surface area contributed by atoms with Crippen molar-refractivity contribution in [1.82, 2.24) is 14.5 Å². The molecular weight excluding hydrogens is 245 g/mol. The number of likely N-dealkylation sites (tertiary alicyclic amines) is 1. The van der Waals surface area contributed by atoms with Gasteiger partial charge in [-0.2, -0.15) is 0 Å². The number of H-pyrrole nitrogens is 1. The van der Waals surface area contributed by atoms with Gasteiger partial charge in [0.05, 0.1) is 5.52 Å². The monoisotopic (exact) mass is 263 g/mol. The van der Waals surface area contributed by atoms with Crippen molar-refractivity contribution in [2.75, 3.05) is 19.6 Å². The van der Waals surface area contributed by atoms with Crippen molar-refractivity contribution >= 4 is 11.0 Å². The minimum Gasteiger partial charge on any atom is -0.303 e. The average molecular weight is 263 g/mol. The number of fused-ring (bicyclic) bond motifs is 1. The zero-order valence-electron chi connectivity index (χ0n) is 11.0. The summed E-state index contributed by atoms with van der Waals surface area (Å²) in [6.45, 7) is 5.97. The summed E-state index contributed by atoms with van der Waals surface area (Å²) in [5.74, 6) is 0.106. The molecule has 1 aromatic carbocycles. The fourth-order valence-corrected chi connectivity index (χ4v) is 2.93. The molecule has 1 aliphatic rings. The molecule has 2 heterocycles. The third-order valence-electron chi connectivity index (χ3n) is 4.02. The van der Waals surface area contributed by atoms with Gasteiger partial charge in [0, 0.05) is 13.1 Å². The molecule has 2 aromatic rings. The summed E-state index contributed by atoms with van der Waals surface area (Å²) in [6.07, 6.45) is 1.10. The molecule has 1 aromatic heterocycles. The van der Waals surface area contributed by atoms with Crippen molar-refractivity contribution in [2.45, 2.75) is 19.9 Å². The second-order valence-corrected chi connectivity index (χ2v) is 5.22. The first-order valence-corrected chi connectivity index (χ1v) is 6.78. The van der Waals surface area contributed by atoms with E-state index >= 15 is 0 Å². The molecule has 3 rings (SSSR count). The Balaban J connectivity index is 1.91. The number of benzene rings is 1. The highest BCUT2D eigenvalue weighted by molar-refractivity contribution is 5.75. The van der Waals surface area contributed by atoms with Crippen LogP contribution in [0, 0.1) is 11.7 Å². The van der Waals surface area contributed by atoms with Gasteiger partial charge in [0.2, 0.25) is 0 Å². The predicted molar refractivity (Wildman–Crippen MR) is 72.7 cm³/mol. The average Bonchev–Trinajstić information content (AvgIpc) is 2.97. The molecule has 1 N–H and O–H groups in total. The zero-order chi connectivity index (χ0) is 13.4. The molecule has 0 radical (unpaired) electrons. The van der Waals surface area contributed by atoms with E-state index in [4.69, 9.17) is 0 Å². The molecule has 1 fully saturated rings. The number of nitrogens with zero attached hydrogens (tertiary/aromatic N) is 2. The van der Waals surface area contributed by atoms with Gasteiger partial charge in [-0.25, -0.2) is 9.18 Å².